The van der Waals surface area contributed by atoms with Crippen LogP contribution in [0.1, 0.15) is 29.9 Å². The van der Waals surface area contributed by atoms with Gasteiger partial charge in [0.2, 0.25) is 0 Å². The summed E-state index contributed by atoms with van der Waals surface area (Å²) in [7, 11) is 0. The summed E-state index contributed by atoms with van der Waals surface area (Å²) in [5.74, 6) is 0.764. The number of nitrogens with zero attached hydrogens (tertiary/aromatic N) is 2. The van der Waals surface area contributed by atoms with Crippen LogP contribution in [0.2, 0.25) is 0 Å². The molecule has 5 nitrogen and oxygen atoms in total. The molecule has 8 heteroatoms. The Labute approximate surface area is 182 Å². The number of hydrogen-bond donors (Lipinski definition) is 2. The molecule has 0 aliphatic carbocycles. The second kappa shape index (κ2) is 12.0. The van der Waals surface area contributed by atoms with Gasteiger partial charge in [-0.3, -0.25) is 4.79 Å². The number of amides is 1. The molecule has 1 atom stereocenters. The smallest absolute Gasteiger partial charge is 0.251 e. The van der Waals surface area contributed by atoms with E-state index >= 15 is 0 Å². The first-order valence-electron chi connectivity index (χ1n) is 8.82. The third-order valence-corrected chi connectivity index (χ3v) is 5.08. The predicted octanol–water partition coefficient (Wildman–Crippen LogP) is 4.20. The van der Waals surface area contributed by atoms with Crippen molar-refractivity contribution in [2.45, 2.75) is 30.5 Å². The molecule has 0 bridgehead atoms. The molecule has 0 unspecified atom stereocenters. The van der Waals surface area contributed by atoms with Gasteiger partial charge >= 0.3 is 0 Å². The largest absolute Gasteiger partial charge is 0.350 e. The van der Waals surface area contributed by atoms with Gasteiger partial charge in [-0.2, -0.15) is 0 Å². The van der Waals surface area contributed by atoms with E-state index in [1.54, 1.807) is 11.8 Å². The lowest BCUT2D eigenvalue weighted by Gasteiger charge is -2.13. The highest BCUT2D eigenvalue weighted by Gasteiger charge is 2.08. The molecule has 3 aromatic rings. The Morgan fingerprint density at radius 1 is 1.18 bits per heavy atom. The van der Waals surface area contributed by atoms with E-state index in [0.29, 0.717) is 12.1 Å². The molecule has 0 saturated heterocycles. The maximum Gasteiger partial charge on any atom is 0.251 e. The van der Waals surface area contributed by atoms with Crippen molar-refractivity contribution in [2.24, 2.45) is 0 Å². The zero-order valence-corrected chi connectivity index (χ0v) is 18.4. The van der Waals surface area contributed by atoms with Crippen LogP contribution in [0.3, 0.4) is 0 Å². The molecule has 1 amide bonds. The topological polar surface area (TPSA) is 58.4 Å². The fourth-order valence-electron chi connectivity index (χ4n) is 2.69. The monoisotopic (exact) mass is 440 g/mol. The maximum atomic E-state index is 12.2. The number of fused-ring (bicyclic) bond motifs is 1. The van der Waals surface area contributed by atoms with Crippen molar-refractivity contribution in [3.8, 4) is 0 Å². The number of pyridine rings is 1. The number of benzene rings is 1. The quantitative estimate of drug-likeness (QED) is 0.515. The van der Waals surface area contributed by atoms with Gasteiger partial charge in [-0.1, -0.05) is 13.0 Å². The first kappa shape index (κ1) is 24.3. The van der Waals surface area contributed by atoms with Gasteiger partial charge in [0, 0.05) is 41.2 Å². The van der Waals surface area contributed by atoms with Crippen LogP contribution in [0.25, 0.3) is 5.65 Å². The van der Waals surface area contributed by atoms with Crippen molar-refractivity contribution in [3.63, 3.8) is 0 Å². The molecule has 28 heavy (non-hydrogen) atoms. The Morgan fingerprint density at radius 2 is 1.93 bits per heavy atom. The average molecular weight is 441 g/mol. The highest BCUT2D eigenvalue weighted by molar-refractivity contribution is 7.98. The fraction of sp³-hybridized carbons (Fsp3) is 0.300. The third-order valence-electron chi connectivity index (χ3n) is 4.04. The van der Waals surface area contributed by atoms with E-state index in [2.05, 4.69) is 35.7 Å². The summed E-state index contributed by atoms with van der Waals surface area (Å²) in [6.45, 7) is 5.64. The standard InChI is InChI=1S/C20H24N4OS.2ClH/c1-3-21-15(2)12-22-20(25)16-7-9-18(10-8-16)26-14-17-13-24-11-5-4-6-19(24)23-17;;/h4-11,13,15,21H,3,12,14H2,1-2H3,(H,22,25);2*1H/t15-;;/m1../s1. The first-order chi connectivity index (χ1) is 12.7. The minimum Gasteiger partial charge on any atom is -0.350 e. The summed E-state index contributed by atoms with van der Waals surface area (Å²) < 4.78 is 2.03. The van der Waals surface area contributed by atoms with Crippen LogP contribution in [-0.2, 0) is 5.75 Å². The first-order valence-corrected chi connectivity index (χ1v) is 9.81. The molecule has 0 radical (unpaired) electrons. The number of nitrogens with one attached hydrogen (secondary N) is 2. The summed E-state index contributed by atoms with van der Waals surface area (Å²) in [5, 5.41) is 6.23. The zero-order valence-electron chi connectivity index (χ0n) is 15.9. The number of aromatic nitrogens is 2. The van der Waals surface area contributed by atoms with Gasteiger partial charge in [-0.15, -0.1) is 36.6 Å². The van der Waals surface area contributed by atoms with Gasteiger partial charge in [0.1, 0.15) is 5.65 Å². The van der Waals surface area contributed by atoms with Gasteiger partial charge in [-0.25, -0.2) is 4.98 Å². The Balaban J connectivity index is 0.00000196. The lowest BCUT2D eigenvalue weighted by atomic mass is 10.2. The Kier molecular flexibility index (Phi) is 10.4. The van der Waals surface area contributed by atoms with Crippen molar-refractivity contribution in [1.29, 1.82) is 0 Å². The second-order valence-corrected chi connectivity index (χ2v) is 7.23. The zero-order chi connectivity index (χ0) is 18.4. The van der Waals surface area contributed by atoms with Gasteiger partial charge in [0.25, 0.3) is 5.91 Å². The van der Waals surface area contributed by atoms with E-state index in [0.717, 1.165) is 28.5 Å². The summed E-state index contributed by atoms with van der Waals surface area (Å²) in [6, 6.07) is 14.0. The summed E-state index contributed by atoms with van der Waals surface area (Å²) >= 11 is 1.72. The molecule has 152 valence electrons. The maximum absolute atomic E-state index is 12.2. The fourth-order valence-corrected chi connectivity index (χ4v) is 3.47. The van der Waals surface area contributed by atoms with Crippen molar-refractivity contribution < 1.29 is 4.79 Å². The highest BCUT2D eigenvalue weighted by Crippen LogP contribution is 2.23. The van der Waals surface area contributed by atoms with Crippen LogP contribution in [0.4, 0.5) is 0 Å². The lowest BCUT2D eigenvalue weighted by Crippen LogP contribution is -2.38. The van der Waals surface area contributed by atoms with Crippen LogP contribution in [0.5, 0.6) is 0 Å². The number of likely N-dealkylation sites (N-methyl/N-ethyl adjacent to an activating group) is 1. The van der Waals surface area contributed by atoms with E-state index < -0.39 is 0 Å². The van der Waals surface area contributed by atoms with Gasteiger partial charge < -0.3 is 15.0 Å². The van der Waals surface area contributed by atoms with Crippen molar-refractivity contribution in [2.75, 3.05) is 13.1 Å². The Hall–Kier alpha value is -1.73. The van der Waals surface area contributed by atoms with E-state index in [9.17, 15) is 4.79 Å². The number of halogens is 2. The summed E-state index contributed by atoms with van der Waals surface area (Å²) in [6.07, 6.45) is 4.05. The van der Waals surface area contributed by atoms with E-state index in [4.69, 9.17) is 0 Å². The molecule has 2 aromatic heterocycles. The van der Waals surface area contributed by atoms with Crippen LogP contribution >= 0.6 is 36.6 Å². The SMILES string of the molecule is CCN[C@H](C)CNC(=O)c1ccc(SCc2cn3ccccc3n2)cc1.Cl.Cl. The van der Waals surface area contributed by atoms with E-state index in [1.807, 2.05) is 53.1 Å². The number of carbonyl (C=O) groups excluding carboxylic acids is 1. The van der Waals surface area contributed by atoms with Gasteiger partial charge in [0.15, 0.2) is 0 Å². The number of thioether (sulfide) groups is 1. The minimum atomic E-state index is -0.0355. The van der Waals surface area contributed by atoms with Crippen molar-refractivity contribution >= 4 is 48.1 Å². The van der Waals surface area contributed by atoms with Gasteiger partial charge in [-0.05, 0) is 49.9 Å². The predicted molar refractivity (Wildman–Crippen MR) is 121 cm³/mol. The second-order valence-electron chi connectivity index (χ2n) is 6.18. The Bertz CT molecular complexity index is 837. The van der Waals surface area contributed by atoms with Crippen LogP contribution < -0.4 is 10.6 Å². The molecular formula is C20H26Cl2N4OS. The van der Waals surface area contributed by atoms with Crippen LogP contribution in [0.15, 0.2) is 59.8 Å². The molecular weight excluding hydrogens is 415 g/mol. The molecule has 0 aliphatic heterocycles. The molecule has 0 aliphatic rings. The highest BCUT2D eigenvalue weighted by atomic mass is 35.5. The number of carbonyl (C=O) groups is 1. The van der Waals surface area contributed by atoms with Crippen molar-refractivity contribution in [1.82, 2.24) is 20.0 Å². The molecule has 0 saturated carbocycles. The van der Waals surface area contributed by atoms with E-state index in [1.165, 1.54) is 0 Å². The number of hydrogen-bond acceptors (Lipinski definition) is 4. The van der Waals surface area contributed by atoms with Crippen molar-refractivity contribution in [3.05, 3.63) is 66.1 Å². The minimum absolute atomic E-state index is 0. The van der Waals surface area contributed by atoms with E-state index in [-0.39, 0.29) is 36.8 Å². The normalized spacial score (nSPS) is 11.4. The molecule has 2 N–H and O–H groups in total. The van der Waals surface area contributed by atoms with Gasteiger partial charge in [0.05, 0.1) is 5.69 Å². The summed E-state index contributed by atoms with van der Waals surface area (Å²) in [5.41, 5.74) is 2.69. The number of imidazole rings is 1. The van der Waals surface area contributed by atoms with Crippen LogP contribution in [0, 0.1) is 0 Å². The lowest BCUT2D eigenvalue weighted by molar-refractivity contribution is 0.0950. The molecule has 0 spiro atoms. The molecule has 0 fully saturated rings. The molecule has 3 rings (SSSR count). The summed E-state index contributed by atoms with van der Waals surface area (Å²) in [4.78, 5) is 17.9. The number of rotatable bonds is 8. The average Bonchev–Trinajstić information content (AvgIpc) is 3.08. The molecule has 2 heterocycles. The Morgan fingerprint density at radius 3 is 2.61 bits per heavy atom. The molecule has 1 aromatic carbocycles. The third kappa shape index (κ3) is 6.71. The van der Waals surface area contributed by atoms with Crippen LogP contribution in [-0.4, -0.2) is 34.4 Å².